The average molecular weight is 545 g/mol. The molecule has 182 valence electrons. The Hall–Kier alpha value is -3.58. The molecule has 0 radical (unpaired) electrons. The molecule has 6 nitrogen and oxygen atoms in total. The summed E-state index contributed by atoms with van der Waals surface area (Å²) in [5, 5.41) is 3.55. The fourth-order valence-corrected chi connectivity index (χ4v) is 5.91. The van der Waals surface area contributed by atoms with Crippen molar-refractivity contribution < 1.29 is 19.1 Å². The fraction of sp³-hybridized carbons (Fsp3) is 0.241. The maximum absolute atomic E-state index is 14.2. The summed E-state index contributed by atoms with van der Waals surface area (Å²) in [6.07, 6.45) is 1.09. The predicted molar refractivity (Wildman–Crippen MR) is 141 cm³/mol. The zero-order valence-electron chi connectivity index (χ0n) is 20.0. The summed E-state index contributed by atoms with van der Waals surface area (Å²) in [6, 6.07) is 20.0. The van der Waals surface area contributed by atoms with Gasteiger partial charge < -0.3 is 14.8 Å². The summed E-state index contributed by atoms with van der Waals surface area (Å²) in [6.45, 7) is 4.34. The minimum Gasteiger partial charge on any atom is -0.454 e. The van der Waals surface area contributed by atoms with Crippen LogP contribution in [0.3, 0.4) is 0 Å². The van der Waals surface area contributed by atoms with Gasteiger partial charge in [-0.05, 0) is 53.8 Å². The number of hydrogen-bond donors (Lipinski definition) is 1. The number of ether oxygens (including phenoxy) is 2. The summed E-state index contributed by atoms with van der Waals surface area (Å²) in [5.74, 6) is 1.06. The highest BCUT2D eigenvalue weighted by Crippen LogP contribution is 2.51. The van der Waals surface area contributed by atoms with Crippen LogP contribution in [0, 0.1) is 5.41 Å². The Morgan fingerprint density at radius 3 is 2.47 bits per heavy atom. The van der Waals surface area contributed by atoms with Gasteiger partial charge in [-0.15, -0.1) is 0 Å². The molecule has 0 aromatic heterocycles. The zero-order valence-corrected chi connectivity index (χ0v) is 21.6. The molecule has 1 N–H and O–H groups in total. The number of carbonyl (C=O) groups excluding carboxylic acids is 2. The molecule has 2 aliphatic heterocycles. The van der Waals surface area contributed by atoms with Crippen molar-refractivity contribution in [3.63, 3.8) is 0 Å². The summed E-state index contributed by atoms with van der Waals surface area (Å²) in [7, 11) is 0. The van der Waals surface area contributed by atoms with Gasteiger partial charge in [-0.2, -0.15) is 0 Å². The van der Waals surface area contributed by atoms with E-state index in [1.807, 2.05) is 54.6 Å². The maximum atomic E-state index is 14.2. The Kier molecular flexibility index (Phi) is 5.41. The van der Waals surface area contributed by atoms with E-state index < -0.39 is 6.04 Å². The molecule has 2 heterocycles. The minimum absolute atomic E-state index is 0.0296. The van der Waals surface area contributed by atoms with Gasteiger partial charge in [0.2, 0.25) is 6.79 Å². The number of benzene rings is 3. The molecule has 0 fully saturated rings. The standard InChI is InChI=1S/C29H25BrN2O4/c1-29(2)14-21-26(23(33)15-29)27(18-12-24-25(13-19(18)30)36-16-35-24)32(22-11-7-6-10-20(22)31-21)28(34)17-8-4-3-5-9-17/h3-13,27,31H,14-16H2,1-2H3/t27-/m1/s1. The van der Waals surface area contributed by atoms with Crippen LogP contribution in [0.4, 0.5) is 11.4 Å². The van der Waals surface area contributed by atoms with Crippen LogP contribution in [0.1, 0.15) is 48.7 Å². The molecule has 1 atom stereocenters. The van der Waals surface area contributed by atoms with Gasteiger partial charge >= 0.3 is 0 Å². The van der Waals surface area contributed by atoms with E-state index >= 15 is 0 Å². The van der Waals surface area contributed by atoms with E-state index in [1.54, 1.807) is 17.0 Å². The molecule has 1 amide bonds. The monoisotopic (exact) mass is 544 g/mol. The van der Waals surface area contributed by atoms with Gasteiger partial charge in [0.15, 0.2) is 17.3 Å². The number of Topliss-reactive ketones (excluding diaryl/α,β-unsaturated/α-hetero) is 1. The smallest absolute Gasteiger partial charge is 0.259 e. The average Bonchev–Trinajstić information content (AvgIpc) is 3.24. The van der Waals surface area contributed by atoms with Crippen molar-refractivity contribution in [2.75, 3.05) is 17.0 Å². The lowest BCUT2D eigenvalue weighted by molar-refractivity contribution is -0.118. The molecule has 0 bridgehead atoms. The van der Waals surface area contributed by atoms with E-state index in [2.05, 4.69) is 35.1 Å². The first-order valence-corrected chi connectivity index (χ1v) is 12.7. The highest BCUT2D eigenvalue weighted by atomic mass is 79.9. The largest absolute Gasteiger partial charge is 0.454 e. The minimum atomic E-state index is -0.670. The molecule has 3 aliphatic rings. The second-order valence-corrected chi connectivity index (χ2v) is 11.0. The Balaban J connectivity index is 1.65. The fourth-order valence-electron chi connectivity index (χ4n) is 5.37. The normalized spacial score (nSPS) is 19.8. The van der Waals surface area contributed by atoms with Gasteiger partial charge in [-0.1, -0.05) is 60.1 Å². The maximum Gasteiger partial charge on any atom is 0.259 e. The van der Waals surface area contributed by atoms with Crippen LogP contribution in [0.15, 0.2) is 82.5 Å². The SMILES string of the molecule is CC1(C)CC(=O)C2=C(C1)Nc1ccccc1N(C(=O)c1ccccc1)[C@@H]2c1cc2c(cc1Br)OCO2. The van der Waals surface area contributed by atoms with Gasteiger partial charge in [-0.25, -0.2) is 0 Å². The summed E-state index contributed by atoms with van der Waals surface area (Å²) >= 11 is 3.71. The summed E-state index contributed by atoms with van der Waals surface area (Å²) in [4.78, 5) is 29.9. The van der Waals surface area contributed by atoms with Crippen molar-refractivity contribution in [3.05, 3.63) is 93.6 Å². The number of hydrogen-bond acceptors (Lipinski definition) is 5. The van der Waals surface area contributed by atoms with Crippen molar-refractivity contribution >= 4 is 39.0 Å². The van der Waals surface area contributed by atoms with E-state index in [1.165, 1.54) is 0 Å². The Labute approximate surface area is 218 Å². The van der Waals surface area contributed by atoms with E-state index in [-0.39, 0.29) is 23.9 Å². The van der Waals surface area contributed by atoms with Crippen LogP contribution in [0.25, 0.3) is 0 Å². The molecule has 0 saturated carbocycles. The van der Waals surface area contributed by atoms with Crippen molar-refractivity contribution in [1.82, 2.24) is 0 Å². The molecule has 1 aliphatic carbocycles. The van der Waals surface area contributed by atoms with E-state index in [0.717, 1.165) is 21.4 Å². The number of allylic oxidation sites excluding steroid dienone is 1. The van der Waals surface area contributed by atoms with Gasteiger partial charge in [-0.3, -0.25) is 14.5 Å². The number of para-hydroxylation sites is 2. The number of carbonyl (C=O) groups is 2. The highest BCUT2D eigenvalue weighted by molar-refractivity contribution is 9.10. The summed E-state index contributed by atoms with van der Waals surface area (Å²) < 4.78 is 12.0. The molecule has 0 spiro atoms. The number of fused-ring (bicyclic) bond motifs is 2. The zero-order chi connectivity index (χ0) is 25.0. The second-order valence-electron chi connectivity index (χ2n) is 10.1. The van der Waals surface area contributed by atoms with Gasteiger partial charge in [0.25, 0.3) is 5.91 Å². The van der Waals surface area contributed by atoms with Crippen LogP contribution in [0.2, 0.25) is 0 Å². The third-order valence-electron chi connectivity index (χ3n) is 6.93. The molecule has 36 heavy (non-hydrogen) atoms. The number of anilines is 2. The molecule has 0 unspecified atom stereocenters. The third kappa shape index (κ3) is 3.78. The van der Waals surface area contributed by atoms with Crippen LogP contribution >= 0.6 is 15.9 Å². The van der Waals surface area contributed by atoms with Crippen LogP contribution in [-0.4, -0.2) is 18.5 Å². The van der Waals surface area contributed by atoms with Crippen molar-refractivity contribution in [2.45, 2.75) is 32.7 Å². The van der Waals surface area contributed by atoms with E-state index in [0.29, 0.717) is 41.2 Å². The molecule has 0 saturated heterocycles. The van der Waals surface area contributed by atoms with Gasteiger partial charge in [0.05, 0.1) is 17.4 Å². The molecule has 3 aromatic rings. The number of halogens is 1. The lowest BCUT2D eigenvalue weighted by Gasteiger charge is -2.37. The highest BCUT2D eigenvalue weighted by Gasteiger charge is 2.44. The number of amides is 1. The number of nitrogens with one attached hydrogen (secondary N) is 1. The lowest BCUT2D eigenvalue weighted by Crippen LogP contribution is -2.39. The van der Waals surface area contributed by atoms with Crippen LogP contribution < -0.4 is 19.7 Å². The number of nitrogens with zero attached hydrogens (tertiary/aromatic N) is 1. The number of ketones is 1. The summed E-state index contributed by atoms with van der Waals surface area (Å²) in [5.41, 5.74) is 4.06. The van der Waals surface area contributed by atoms with Crippen LogP contribution in [0.5, 0.6) is 11.5 Å². The first kappa shape index (κ1) is 22.9. The second kappa shape index (κ2) is 8.52. The van der Waals surface area contributed by atoms with Crippen molar-refractivity contribution in [3.8, 4) is 11.5 Å². The quantitative estimate of drug-likeness (QED) is 0.392. The first-order valence-electron chi connectivity index (χ1n) is 11.9. The molecule has 7 heteroatoms. The van der Waals surface area contributed by atoms with Crippen molar-refractivity contribution in [2.24, 2.45) is 5.41 Å². The molecular formula is C29H25BrN2O4. The molecular weight excluding hydrogens is 520 g/mol. The molecule has 3 aromatic carbocycles. The van der Waals surface area contributed by atoms with E-state index in [4.69, 9.17) is 9.47 Å². The van der Waals surface area contributed by atoms with Gasteiger partial charge in [0.1, 0.15) is 0 Å². The van der Waals surface area contributed by atoms with Crippen molar-refractivity contribution in [1.29, 1.82) is 0 Å². The first-order chi connectivity index (χ1) is 17.3. The lowest BCUT2D eigenvalue weighted by atomic mass is 9.73. The topological polar surface area (TPSA) is 67.9 Å². The Morgan fingerprint density at radius 2 is 1.69 bits per heavy atom. The predicted octanol–water partition coefficient (Wildman–Crippen LogP) is 6.63. The van der Waals surface area contributed by atoms with Crippen LogP contribution in [-0.2, 0) is 4.79 Å². The molecule has 6 rings (SSSR count). The van der Waals surface area contributed by atoms with Gasteiger partial charge in [0, 0.05) is 27.7 Å². The number of rotatable bonds is 2. The third-order valence-corrected chi connectivity index (χ3v) is 7.61. The van der Waals surface area contributed by atoms with E-state index in [9.17, 15) is 9.59 Å². The Morgan fingerprint density at radius 1 is 1.00 bits per heavy atom. The Bertz CT molecular complexity index is 1430.